The van der Waals surface area contributed by atoms with Crippen molar-refractivity contribution < 1.29 is 13.5 Å². The van der Waals surface area contributed by atoms with Gasteiger partial charge >= 0.3 is 6.61 Å². The minimum atomic E-state index is -2.80. The van der Waals surface area contributed by atoms with E-state index in [1.807, 2.05) is 0 Å². The minimum Gasteiger partial charge on any atom is -0.435 e. The zero-order valence-corrected chi connectivity index (χ0v) is 9.04. The summed E-state index contributed by atoms with van der Waals surface area (Å²) in [7, 11) is 0. The molecule has 0 saturated carbocycles. The van der Waals surface area contributed by atoms with Gasteiger partial charge in [0, 0.05) is 16.1 Å². The lowest BCUT2D eigenvalue weighted by Crippen LogP contribution is -2.01. The second-order valence-electron chi connectivity index (χ2n) is 2.89. The lowest BCUT2D eigenvalue weighted by atomic mass is 10.2. The van der Waals surface area contributed by atoms with E-state index in [4.69, 9.17) is 0 Å². The highest BCUT2D eigenvalue weighted by Crippen LogP contribution is 2.23. The predicted molar refractivity (Wildman–Crippen MR) is 56.1 cm³/mol. The Balaban J connectivity index is 2.45. The van der Waals surface area contributed by atoms with Crippen LogP contribution in [0.4, 0.5) is 8.78 Å². The number of benzene rings is 1. The number of hydrogen-bond acceptors (Lipinski definition) is 2. The number of hydrogen-bond donors (Lipinski definition) is 0. The van der Waals surface area contributed by atoms with Gasteiger partial charge in [0.1, 0.15) is 5.75 Å². The largest absolute Gasteiger partial charge is 0.435 e. The van der Waals surface area contributed by atoms with Crippen molar-refractivity contribution in [2.45, 2.75) is 6.61 Å². The normalized spacial score (nSPS) is 10.9. The Morgan fingerprint density at radius 2 is 2.07 bits per heavy atom. The first kappa shape index (κ1) is 10.3. The Hall–Kier alpha value is -1.23. The van der Waals surface area contributed by atoms with Gasteiger partial charge in [-0.05, 0) is 40.2 Å². The van der Waals surface area contributed by atoms with Gasteiger partial charge in [-0.1, -0.05) is 0 Å². The minimum absolute atomic E-state index is 0.136. The number of pyridine rings is 1. The molecule has 0 atom stereocenters. The Labute approximate surface area is 93.0 Å². The zero-order chi connectivity index (χ0) is 10.8. The molecule has 0 aliphatic carbocycles. The van der Waals surface area contributed by atoms with E-state index in [1.54, 1.807) is 18.3 Å². The molecule has 78 valence electrons. The van der Waals surface area contributed by atoms with Gasteiger partial charge in [0.2, 0.25) is 0 Å². The highest BCUT2D eigenvalue weighted by molar-refractivity contribution is 9.10. The van der Waals surface area contributed by atoms with Gasteiger partial charge in [-0.25, -0.2) is 0 Å². The number of aromatic nitrogens is 1. The highest BCUT2D eigenvalue weighted by Gasteiger charge is 2.05. The molecule has 1 aromatic heterocycles. The number of ether oxygens (including phenoxy) is 1. The number of rotatable bonds is 2. The van der Waals surface area contributed by atoms with Crippen molar-refractivity contribution in [1.82, 2.24) is 4.98 Å². The molecule has 5 heteroatoms. The fourth-order valence-electron chi connectivity index (χ4n) is 1.26. The van der Waals surface area contributed by atoms with E-state index in [0.29, 0.717) is 0 Å². The van der Waals surface area contributed by atoms with Crippen molar-refractivity contribution >= 4 is 26.8 Å². The number of nitrogens with zero attached hydrogens (tertiary/aromatic N) is 1. The average Bonchev–Trinajstić information content (AvgIpc) is 2.16. The molecule has 0 amide bonds. The molecule has 0 N–H and O–H groups in total. The quantitative estimate of drug-likeness (QED) is 0.834. The third-order valence-corrected chi connectivity index (χ3v) is 2.28. The van der Waals surface area contributed by atoms with Gasteiger partial charge in [0.05, 0.1) is 5.52 Å². The van der Waals surface area contributed by atoms with Gasteiger partial charge in [-0.3, -0.25) is 4.98 Å². The smallest absolute Gasteiger partial charge is 0.387 e. The fraction of sp³-hybridized carbons (Fsp3) is 0.100. The Morgan fingerprint density at radius 3 is 2.80 bits per heavy atom. The number of halogens is 3. The van der Waals surface area contributed by atoms with Crippen LogP contribution in [0.2, 0.25) is 0 Å². The second kappa shape index (κ2) is 4.10. The van der Waals surface area contributed by atoms with Crippen LogP contribution in [0.5, 0.6) is 5.75 Å². The molecule has 0 unspecified atom stereocenters. The maximum atomic E-state index is 12.0. The predicted octanol–water partition coefficient (Wildman–Crippen LogP) is 3.60. The van der Waals surface area contributed by atoms with Crippen molar-refractivity contribution in [1.29, 1.82) is 0 Å². The summed E-state index contributed by atoms with van der Waals surface area (Å²) >= 11 is 3.26. The lowest BCUT2D eigenvalue weighted by Gasteiger charge is -2.05. The van der Waals surface area contributed by atoms with Crippen LogP contribution < -0.4 is 4.74 Å². The molecule has 2 nitrogen and oxygen atoms in total. The van der Waals surface area contributed by atoms with Crippen LogP contribution in [0.1, 0.15) is 0 Å². The van der Waals surface area contributed by atoms with Gasteiger partial charge in [0.25, 0.3) is 0 Å². The van der Waals surface area contributed by atoms with Gasteiger partial charge in [-0.2, -0.15) is 8.78 Å². The van der Waals surface area contributed by atoms with Crippen molar-refractivity contribution in [3.8, 4) is 5.75 Å². The van der Waals surface area contributed by atoms with E-state index >= 15 is 0 Å². The summed E-state index contributed by atoms with van der Waals surface area (Å²) in [6.45, 7) is -2.80. The molecular weight excluding hydrogens is 268 g/mol. The summed E-state index contributed by atoms with van der Waals surface area (Å²) < 4.78 is 29.0. The first-order valence-electron chi connectivity index (χ1n) is 4.15. The highest BCUT2D eigenvalue weighted by atomic mass is 79.9. The molecule has 0 bridgehead atoms. The molecule has 0 aliphatic heterocycles. The zero-order valence-electron chi connectivity index (χ0n) is 7.45. The van der Waals surface area contributed by atoms with Crippen LogP contribution in [-0.4, -0.2) is 11.6 Å². The van der Waals surface area contributed by atoms with Crippen LogP contribution in [-0.2, 0) is 0 Å². The third-order valence-electron chi connectivity index (χ3n) is 1.84. The lowest BCUT2D eigenvalue weighted by molar-refractivity contribution is -0.0497. The van der Waals surface area contributed by atoms with Crippen molar-refractivity contribution in [3.05, 3.63) is 34.9 Å². The molecular formula is C10H6BrF2NO. The van der Waals surface area contributed by atoms with Crippen LogP contribution in [0.15, 0.2) is 34.9 Å². The van der Waals surface area contributed by atoms with E-state index in [-0.39, 0.29) is 5.75 Å². The number of fused-ring (bicyclic) bond motifs is 1. The van der Waals surface area contributed by atoms with Crippen molar-refractivity contribution in [2.24, 2.45) is 0 Å². The standard InChI is InChI=1S/C10H6BrF2NO/c11-7-3-6-4-8(15-10(12)13)1-2-9(6)14-5-7/h1-5,10H. The monoisotopic (exact) mass is 273 g/mol. The number of alkyl halides is 2. The summed E-state index contributed by atoms with van der Waals surface area (Å²) in [5, 5.41) is 0.752. The van der Waals surface area contributed by atoms with Crippen LogP contribution in [0, 0.1) is 0 Å². The van der Waals surface area contributed by atoms with E-state index in [2.05, 4.69) is 25.7 Å². The van der Waals surface area contributed by atoms with E-state index in [0.717, 1.165) is 15.4 Å². The maximum Gasteiger partial charge on any atom is 0.387 e. The van der Waals surface area contributed by atoms with Crippen LogP contribution in [0.3, 0.4) is 0 Å². The molecule has 0 saturated heterocycles. The van der Waals surface area contributed by atoms with Gasteiger partial charge < -0.3 is 4.74 Å². The summed E-state index contributed by atoms with van der Waals surface area (Å²) in [6.07, 6.45) is 1.65. The molecule has 0 aliphatic rings. The molecule has 2 aromatic rings. The topological polar surface area (TPSA) is 22.1 Å². The van der Waals surface area contributed by atoms with E-state index < -0.39 is 6.61 Å². The average molecular weight is 274 g/mol. The summed E-state index contributed by atoms with van der Waals surface area (Å²) in [5.74, 6) is 0.136. The van der Waals surface area contributed by atoms with E-state index in [1.165, 1.54) is 12.1 Å². The van der Waals surface area contributed by atoms with Crippen molar-refractivity contribution in [3.63, 3.8) is 0 Å². The molecule has 2 rings (SSSR count). The Kier molecular flexibility index (Phi) is 2.81. The molecule has 0 fully saturated rings. The Bertz CT molecular complexity index is 490. The first-order valence-corrected chi connectivity index (χ1v) is 4.94. The summed E-state index contributed by atoms with van der Waals surface area (Å²) in [4.78, 5) is 4.11. The summed E-state index contributed by atoms with van der Waals surface area (Å²) in [5.41, 5.74) is 0.736. The van der Waals surface area contributed by atoms with E-state index in [9.17, 15) is 8.78 Å². The molecule has 0 spiro atoms. The Morgan fingerprint density at radius 1 is 1.27 bits per heavy atom. The molecule has 0 radical (unpaired) electrons. The molecule has 15 heavy (non-hydrogen) atoms. The van der Waals surface area contributed by atoms with Crippen molar-refractivity contribution in [2.75, 3.05) is 0 Å². The van der Waals surface area contributed by atoms with Crippen LogP contribution >= 0.6 is 15.9 Å². The van der Waals surface area contributed by atoms with Crippen LogP contribution in [0.25, 0.3) is 10.9 Å². The summed E-state index contributed by atoms with van der Waals surface area (Å²) in [6, 6.07) is 6.43. The SMILES string of the molecule is FC(F)Oc1ccc2ncc(Br)cc2c1. The third kappa shape index (κ3) is 2.41. The van der Waals surface area contributed by atoms with Gasteiger partial charge in [0.15, 0.2) is 0 Å². The fourth-order valence-corrected chi connectivity index (χ4v) is 1.61. The maximum absolute atomic E-state index is 12.0. The molecule has 1 heterocycles. The van der Waals surface area contributed by atoms with Gasteiger partial charge in [-0.15, -0.1) is 0 Å². The first-order chi connectivity index (χ1) is 7.15. The molecule has 1 aromatic carbocycles. The second-order valence-corrected chi connectivity index (χ2v) is 3.80.